The van der Waals surface area contributed by atoms with Crippen molar-refractivity contribution in [2.75, 3.05) is 17.3 Å². The topological polar surface area (TPSA) is 58.1 Å². The van der Waals surface area contributed by atoms with Crippen LogP contribution in [0, 0.1) is 5.82 Å². The molecule has 0 unspecified atom stereocenters. The maximum Gasteiger partial charge on any atom is 0.274 e. The highest BCUT2D eigenvalue weighted by Crippen LogP contribution is 2.19. The molecule has 0 spiro atoms. The Morgan fingerprint density at radius 1 is 1.04 bits per heavy atom. The molecule has 2 aromatic carbocycles. The Balaban J connectivity index is 1.79. The van der Waals surface area contributed by atoms with Crippen LogP contribution in [-0.2, 0) is 0 Å². The summed E-state index contributed by atoms with van der Waals surface area (Å²) in [5, 5.41) is 2.68. The first kappa shape index (κ1) is 15.6. The number of nitrogens with one attached hydrogen (secondary N) is 1. The van der Waals surface area contributed by atoms with Crippen LogP contribution in [0.15, 0.2) is 66.9 Å². The highest BCUT2D eigenvalue weighted by Gasteiger charge is 2.12. The fourth-order valence-electron chi connectivity index (χ4n) is 2.13. The molecule has 24 heavy (non-hydrogen) atoms. The van der Waals surface area contributed by atoms with E-state index in [4.69, 9.17) is 0 Å². The van der Waals surface area contributed by atoms with Gasteiger partial charge in [0.15, 0.2) is 0 Å². The first-order chi connectivity index (χ1) is 11.6. The molecule has 0 radical (unpaired) electrons. The summed E-state index contributed by atoms with van der Waals surface area (Å²) in [5.74, 6) is -0.332. The monoisotopic (exact) mass is 322 g/mol. The smallest absolute Gasteiger partial charge is 0.274 e. The SMILES string of the molecule is CN(c1ccccc1)c1nccc(C(=O)Nc2ccc(F)cc2)n1. The van der Waals surface area contributed by atoms with Gasteiger partial charge in [-0.1, -0.05) is 18.2 Å². The number of rotatable bonds is 4. The number of aromatic nitrogens is 2. The third-order valence-electron chi connectivity index (χ3n) is 3.42. The molecule has 0 fully saturated rings. The van der Waals surface area contributed by atoms with Gasteiger partial charge in [0, 0.05) is 24.6 Å². The van der Waals surface area contributed by atoms with Crippen LogP contribution in [0.25, 0.3) is 0 Å². The number of hydrogen-bond acceptors (Lipinski definition) is 4. The van der Waals surface area contributed by atoms with E-state index in [0.717, 1.165) is 5.69 Å². The summed E-state index contributed by atoms with van der Waals surface area (Å²) in [6.45, 7) is 0. The first-order valence-electron chi connectivity index (χ1n) is 7.32. The Morgan fingerprint density at radius 2 is 1.75 bits per heavy atom. The summed E-state index contributed by atoms with van der Waals surface area (Å²) in [4.78, 5) is 22.6. The number of benzene rings is 2. The largest absolute Gasteiger partial charge is 0.321 e. The molecule has 1 aromatic heterocycles. The molecule has 0 aliphatic carbocycles. The average molecular weight is 322 g/mol. The zero-order chi connectivity index (χ0) is 16.9. The van der Waals surface area contributed by atoms with Gasteiger partial charge in [-0.15, -0.1) is 0 Å². The predicted molar refractivity (Wildman–Crippen MR) is 90.9 cm³/mol. The Labute approximate surface area is 138 Å². The van der Waals surface area contributed by atoms with Gasteiger partial charge in [-0.2, -0.15) is 0 Å². The highest BCUT2D eigenvalue weighted by molar-refractivity contribution is 6.03. The number of anilines is 3. The molecule has 0 saturated carbocycles. The molecular formula is C18H15FN4O. The first-order valence-corrected chi connectivity index (χ1v) is 7.32. The van der Waals surface area contributed by atoms with E-state index in [9.17, 15) is 9.18 Å². The molecule has 1 heterocycles. The van der Waals surface area contributed by atoms with Crippen molar-refractivity contribution in [1.29, 1.82) is 0 Å². The predicted octanol–water partition coefficient (Wildman–Crippen LogP) is 3.64. The van der Waals surface area contributed by atoms with Gasteiger partial charge in [0.05, 0.1) is 0 Å². The minimum Gasteiger partial charge on any atom is -0.321 e. The molecule has 6 heteroatoms. The van der Waals surface area contributed by atoms with Gasteiger partial charge in [0.25, 0.3) is 5.91 Å². The third kappa shape index (κ3) is 3.55. The van der Waals surface area contributed by atoms with Crippen LogP contribution < -0.4 is 10.2 Å². The van der Waals surface area contributed by atoms with E-state index in [1.165, 1.54) is 36.5 Å². The van der Waals surface area contributed by atoms with E-state index in [1.807, 2.05) is 37.4 Å². The van der Waals surface area contributed by atoms with Gasteiger partial charge in [0.1, 0.15) is 11.5 Å². The Bertz CT molecular complexity index is 837. The van der Waals surface area contributed by atoms with Crippen molar-refractivity contribution < 1.29 is 9.18 Å². The number of carbonyl (C=O) groups is 1. The second-order valence-corrected chi connectivity index (χ2v) is 5.10. The quantitative estimate of drug-likeness (QED) is 0.797. The Kier molecular flexibility index (Phi) is 4.47. The number of hydrogen-bond donors (Lipinski definition) is 1. The third-order valence-corrected chi connectivity index (χ3v) is 3.42. The zero-order valence-electron chi connectivity index (χ0n) is 13.0. The molecule has 0 saturated heterocycles. The van der Waals surface area contributed by atoms with Crippen molar-refractivity contribution in [3.63, 3.8) is 0 Å². The van der Waals surface area contributed by atoms with Crippen molar-refractivity contribution in [2.24, 2.45) is 0 Å². The molecule has 0 aliphatic heterocycles. The van der Waals surface area contributed by atoms with Crippen LogP contribution in [0.1, 0.15) is 10.5 Å². The maximum atomic E-state index is 12.9. The Hall–Kier alpha value is -3.28. The normalized spacial score (nSPS) is 10.2. The molecule has 0 bridgehead atoms. The molecule has 1 N–H and O–H groups in total. The van der Waals surface area contributed by atoms with E-state index in [1.54, 1.807) is 4.90 Å². The lowest BCUT2D eigenvalue weighted by Crippen LogP contribution is -2.18. The average Bonchev–Trinajstić information content (AvgIpc) is 2.64. The molecule has 0 atom stereocenters. The maximum absolute atomic E-state index is 12.9. The second-order valence-electron chi connectivity index (χ2n) is 5.10. The van der Waals surface area contributed by atoms with Crippen LogP contribution in [0.4, 0.5) is 21.7 Å². The minimum absolute atomic E-state index is 0.229. The fourth-order valence-corrected chi connectivity index (χ4v) is 2.13. The van der Waals surface area contributed by atoms with Gasteiger partial charge in [-0.25, -0.2) is 14.4 Å². The Morgan fingerprint density at radius 3 is 2.46 bits per heavy atom. The summed E-state index contributed by atoms with van der Waals surface area (Å²) >= 11 is 0. The fraction of sp³-hybridized carbons (Fsp3) is 0.0556. The molecular weight excluding hydrogens is 307 g/mol. The van der Waals surface area contributed by atoms with Crippen molar-refractivity contribution >= 4 is 23.2 Å². The van der Waals surface area contributed by atoms with Crippen LogP contribution in [0.3, 0.4) is 0 Å². The lowest BCUT2D eigenvalue weighted by atomic mass is 10.3. The zero-order valence-corrected chi connectivity index (χ0v) is 13.0. The summed E-state index contributed by atoms with van der Waals surface area (Å²) in [6, 6.07) is 16.7. The van der Waals surface area contributed by atoms with E-state index in [0.29, 0.717) is 11.6 Å². The standard InChI is InChI=1S/C18H15FN4O/c1-23(15-5-3-2-4-6-15)18-20-12-11-16(22-18)17(24)21-14-9-7-13(19)8-10-14/h2-12H,1H3,(H,21,24). The molecule has 5 nitrogen and oxygen atoms in total. The van der Waals surface area contributed by atoms with Gasteiger partial charge in [-0.05, 0) is 42.5 Å². The molecule has 0 aliphatic rings. The lowest BCUT2D eigenvalue weighted by Gasteiger charge is -2.17. The van der Waals surface area contributed by atoms with Crippen molar-refractivity contribution in [2.45, 2.75) is 0 Å². The summed E-state index contributed by atoms with van der Waals surface area (Å²) in [5.41, 5.74) is 1.64. The number of nitrogens with zero attached hydrogens (tertiary/aromatic N) is 3. The number of halogens is 1. The molecule has 120 valence electrons. The van der Waals surface area contributed by atoms with Crippen molar-refractivity contribution in [3.8, 4) is 0 Å². The van der Waals surface area contributed by atoms with Gasteiger partial charge in [-0.3, -0.25) is 4.79 Å². The molecule has 1 amide bonds. The summed E-state index contributed by atoms with van der Waals surface area (Å²) < 4.78 is 12.9. The summed E-state index contributed by atoms with van der Waals surface area (Å²) in [6.07, 6.45) is 1.53. The second kappa shape index (κ2) is 6.87. The van der Waals surface area contributed by atoms with Crippen molar-refractivity contribution in [1.82, 2.24) is 9.97 Å². The van der Waals surface area contributed by atoms with Gasteiger partial charge >= 0.3 is 0 Å². The minimum atomic E-state index is -0.383. The number of amides is 1. The number of para-hydroxylation sites is 1. The molecule has 3 aromatic rings. The lowest BCUT2D eigenvalue weighted by molar-refractivity contribution is 0.102. The van der Waals surface area contributed by atoms with E-state index < -0.39 is 0 Å². The van der Waals surface area contributed by atoms with Crippen LogP contribution in [0.5, 0.6) is 0 Å². The van der Waals surface area contributed by atoms with E-state index in [2.05, 4.69) is 15.3 Å². The van der Waals surface area contributed by atoms with Crippen LogP contribution in [-0.4, -0.2) is 22.9 Å². The summed E-state index contributed by atoms with van der Waals surface area (Å²) in [7, 11) is 1.83. The number of carbonyl (C=O) groups excluding carboxylic acids is 1. The van der Waals surface area contributed by atoms with E-state index in [-0.39, 0.29) is 17.4 Å². The van der Waals surface area contributed by atoms with Crippen LogP contribution >= 0.6 is 0 Å². The van der Waals surface area contributed by atoms with Gasteiger partial charge in [0.2, 0.25) is 5.95 Å². The van der Waals surface area contributed by atoms with Gasteiger partial charge < -0.3 is 10.2 Å². The van der Waals surface area contributed by atoms with E-state index >= 15 is 0 Å². The van der Waals surface area contributed by atoms with Crippen LogP contribution in [0.2, 0.25) is 0 Å². The highest BCUT2D eigenvalue weighted by atomic mass is 19.1. The van der Waals surface area contributed by atoms with Crippen molar-refractivity contribution in [3.05, 3.63) is 78.4 Å². The molecule has 3 rings (SSSR count).